The van der Waals surface area contributed by atoms with Gasteiger partial charge in [-0.25, -0.2) is 4.98 Å². The standard InChI is InChI=1S/C39H27N3S/c1-3-13-26-27-14-5-8-17-31(27)39(30(26)4-2)32-24-25(41-34-19-10-6-15-28(34)29-16-7-11-20-35(29)41)22-23-36(32)42-37-21-12-9-18-33(37)40-38(42)43-39/h3-24H,1H2,2H3/b26-13?,30-4+. The quantitative estimate of drug-likeness (QED) is 0.207. The van der Waals surface area contributed by atoms with Gasteiger partial charge in [0.05, 0.1) is 27.8 Å². The van der Waals surface area contributed by atoms with Crippen LogP contribution in [-0.4, -0.2) is 14.1 Å². The van der Waals surface area contributed by atoms with Crippen LogP contribution in [0.25, 0.3) is 49.8 Å². The molecule has 1 unspecified atom stereocenters. The van der Waals surface area contributed by atoms with Gasteiger partial charge in [-0.15, -0.1) is 0 Å². The molecule has 0 N–H and O–H groups in total. The molecule has 3 nitrogen and oxygen atoms in total. The van der Waals surface area contributed by atoms with Gasteiger partial charge in [0.15, 0.2) is 5.16 Å². The Labute approximate surface area is 254 Å². The molecule has 2 aliphatic rings. The number of allylic oxidation sites excluding steroid dienone is 4. The zero-order valence-corrected chi connectivity index (χ0v) is 24.5. The Bertz CT molecular complexity index is 2310. The second kappa shape index (κ2) is 8.97. The number of hydrogen-bond acceptors (Lipinski definition) is 2. The van der Waals surface area contributed by atoms with Crippen molar-refractivity contribution in [3.63, 3.8) is 0 Å². The number of hydrogen-bond donors (Lipinski definition) is 0. The fourth-order valence-corrected chi connectivity index (χ4v) is 9.00. The van der Waals surface area contributed by atoms with Crippen molar-refractivity contribution in [1.82, 2.24) is 14.1 Å². The van der Waals surface area contributed by atoms with Gasteiger partial charge in [-0.05, 0) is 71.7 Å². The van der Waals surface area contributed by atoms with Gasteiger partial charge in [0, 0.05) is 22.0 Å². The van der Waals surface area contributed by atoms with Gasteiger partial charge in [0.25, 0.3) is 0 Å². The fourth-order valence-electron chi connectivity index (χ4n) is 7.40. The zero-order valence-electron chi connectivity index (χ0n) is 23.7. The van der Waals surface area contributed by atoms with E-state index in [2.05, 4.69) is 150 Å². The molecule has 3 heterocycles. The van der Waals surface area contributed by atoms with Gasteiger partial charge in [-0.1, -0.05) is 109 Å². The summed E-state index contributed by atoms with van der Waals surface area (Å²) in [5, 5.41) is 3.53. The Balaban J connectivity index is 1.43. The van der Waals surface area contributed by atoms with Gasteiger partial charge in [0.2, 0.25) is 0 Å². The lowest BCUT2D eigenvalue weighted by atomic mass is 9.86. The lowest BCUT2D eigenvalue weighted by molar-refractivity contribution is 0.810. The van der Waals surface area contributed by atoms with Crippen LogP contribution in [0.4, 0.5) is 0 Å². The Morgan fingerprint density at radius 3 is 2.14 bits per heavy atom. The molecular formula is C39H27N3S. The molecular weight excluding hydrogens is 543 g/mol. The Kier molecular flexibility index (Phi) is 5.12. The molecule has 7 aromatic rings. The summed E-state index contributed by atoms with van der Waals surface area (Å²) in [6.07, 6.45) is 6.36. The van der Waals surface area contributed by atoms with Crippen molar-refractivity contribution < 1.29 is 0 Å². The third-order valence-electron chi connectivity index (χ3n) is 9.05. The van der Waals surface area contributed by atoms with E-state index in [9.17, 15) is 0 Å². The van der Waals surface area contributed by atoms with E-state index in [1.54, 1.807) is 0 Å². The molecule has 1 aliphatic carbocycles. The lowest BCUT2D eigenvalue weighted by Crippen LogP contribution is -2.29. The maximum Gasteiger partial charge on any atom is 0.175 e. The monoisotopic (exact) mass is 569 g/mol. The summed E-state index contributed by atoms with van der Waals surface area (Å²) in [5.41, 5.74) is 13.2. The average Bonchev–Trinajstić information content (AvgIpc) is 3.68. The van der Waals surface area contributed by atoms with Crippen LogP contribution in [0.3, 0.4) is 0 Å². The zero-order chi connectivity index (χ0) is 28.7. The smallest absolute Gasteiger partial charge is 0.175 e. The van der Waals surface area contributed by atoms with Crippen molar-refractivity contribution in [3.8, 4) is 11.4 Å². The first kappa shape index (κ1) is 24.5. The molecule has 4 heteroatoms. The Morgan fingerprint density at radius 1 is 0.721 bits per heavy atom. The summed E-state index contributed by atoms with van der Waals surface area (Å²) in [4.78, 5) is 5.19. The molecule has 204 valence electrons. The summed E-state index contributed by atoms with van der Waals surface area (Å²) in [6.45, 7) is 6.25. The highest BCUT2D eigenvalue weighted by atomic mass is 32.2. The van der Waals surface area contributed by atoms with Gasteiger partial charge in [0.1, 0.15) is 4.75 Å². The molecule has 0 fully saturated rings. The first-order valence-corrected chi connectivity index (χ1v) is 15.5. The van der Waals surface area contributed by atoms with Crippen LogP contribution in [-0.2, 0) is 4.75 Å². The number of nitrogens with zero attached hydrogens (tertiary/aromatic N) is 3. The Hall–Kier alpha value is -5.06. The number of thioether (sulfide) groups is 1. The van der Waals surface area contributed by atoms with Gasteiger partial charge in [-0.2, -0.15) is 0 Å². The van der Waals surface area contributed by atoms with Crippen LogP contribution < -0.4 is 0 Å². The van der Waals surface area contributed by atoms with E-state index in [1.165, 1.54) is 55.3 Å². The van der Waals surface area contributed by atoms with Crippen LogP contribution in [0.5, 0.6) is 0 Å². The molecule has 0 saturated carbocycles. The highest BCUT2D eigenvalue weighted by molar-refractivity contribution is 8.00. The first-order valence-electron chi connectivity index (χ1n) is 14.6. The average molecular weight is 570 g/mol. The molecule has 0 amide bonds. The minimum absolute atomic E-state index is 0.471. The maximum absolute atomic E-state index is 5.19. The molecule has 0 bridgehead atoms. The normalized spacial score (nSPS) is 19.0. The molecule has 1 spiro atoms. The molecule has 2 aromatic heterocycles. The Morgan fingerprint density at radius 2 is 1.40 bits per heavy atom. The van der Waals surface area contributed by atoms with Crippen molar-refractivity contribution in [2.45, 2.75) is 16.8 Å². The van der Waals surface area contributed by atoms with E-state index >= 15 is 0 Å². The number of rotatable bonds is 2. The van der Waals surface area contributed by atoms with E-state index in [4.69, 9.17) is 4.98 Å². The van der Waals surface area contributed by atoms with Crippen LogP contribution in [0.15, 0.2) is 151 Å². The highest BCUT2D eigenvalue weighted by Crippen LogP contribution is 2.64. The predicted molar refractivity (Wildman–Crippen MR) is 180 cm³/mol. The van der Waals surface area contributed by atoms with E-state index in [1.807, 2.05) is 17.8 Å². The van der Waals surface area contributed by atoms with Crippen molar-refractivity contribution in [2.24, 2.45) is 0 Å². The number of benzene rings is 5. The second-order valence-electron chi connectivity index (χ2n) is 11.1. The predicted octanol–water partition coefficient (Wildman–Crippen LogP) is 10.0. The third-order valence-corrected chi connectivity index (χ3v) is 10.5. The number of imidazole rings is 1. The van der Waals surface area contributed by atoms with E-state index < -0.39 is 4.75 Å². The van der Waals surface area contributed by atoms with Crippen molar-refractivity contribution in [3.05, 3.63) is 162 Å². The molecule has 0 radical (unpaired) electrons. The van der Waals surface area contributed by atoms with E-state index in [0.29, 0.717) is 0 Å². The fraction of sp³-hybridized carbons (Fsp3) is 0.0513. The van der Waals surface area contributed by atoms with Crippen LogP contribution in [0.2, 0.25) is 0 Å². The van der Waals surface area contributed by atoms with Gasteiger partial charge in [-0.3, -0.25) is 4.57 Å². The van der Waals surface area contributed by atoms with Gasteiger partial charge >= 0.3 is 0 Å². The van der Waals surface area contributed by atoms with Crippen molar-refractivity contribution in [2.75, 3.05) is 0 Å². The number of para-hydroxylation sites is 4. The minimum atomic E-state index is -0.471. The number of aromatic nitrogens is 3. The summed E-state index contributed by atoms with van der Waals surface area (Å²) in [5.74, 6) is 0. The lowest BCUT2D eigenvalue weighted by Gasteiger charge is -2.38. The molecule has 43 heavy (non-hydrogen) atoms. The topological polar surface area (TPSA) is 22.8 Å². The second-order valence-corrected chi connectivity index (χ2v) is 12.3. The summed E-state index contributed by atoms with van der Waals surface area (Å²) < 4.78 is 4.30. The minimum Gasteiger partial charge on any atom is -0.309 e. The highest BCUT2D eigenvalue weighted by Gasteiger charge is 2.52. The largest absolute Gasteiger partial charge is 0.309 e. The first-order chi connectivity index (χ1) is 21.2. The van der Waals surface area contributed by atoms with E-state index in [0.717, 1.165) is 21.9 Å². The SMILES string of the molecule is C=CC=C1/C(=C\C)C2(Sc3nc4ccccc4n3-c3ccc(-n4c5ccccc5c5ccccc54)cc32)c2ccccc21. The summed E-state index contributed by atoms with van der Waals surface area (Å²) in [7, 11) is 0. The van der Waals surface area contributed by atoms with Crippen molar-refractivity contribution in [1.29, 1.82) is 0 Å². The van der Waals surface area contributed by atoms with E-state index in [-0.39, 0.29) is 0 Å². The maximum atomic E-state index is 5.19. The van der Waals surface area contributed by atoms with Crippen LogP contribution in [0.1, 0.15) is 23.6 Å². The number of fused-ring (bicyclic) bond motifs is 11. The molecule has 9 rings (SSSR count). The molecule has 1 atom stereocenters. The summed E-state index contributed by atoms with van der Waals surface area (Å²) >= 11 is 1.85. The summed E-state index contributed by atoms with van der Waals surface area (Å²) in [6, 6.07) is 41.8. The van der Waals surface area contributed by atoms with Crippen LogP contribution in [0, 0.1) is 0 Å². The van der Waals surface area contributed by atoms with Crippen LogP contribution >= 0.6 is 11.8 Å². The molecule has 0 saturated heterocycles. The molecule has 1 aliphatic heterocycles. The van der Waals surface area contributed by atoms with Gasteiger partial charge < -0.3 is 4.57 Å². The third kappa shape index (κ3) is 3.13. The van der Waals surface area contributed by atoms with Crippen molar-refractivity contribution >= 4 is 50.2 Å². The molecule has 5 aromatic carbocycles.